The lowest BCUT2D eigenvalue weighted by Gasteiger charge is -2.00. The van der Waals surface area contributed by atoms with Gasteiger partial charge in [0.25, 0.3) is 0 Å². The first-order chi connectivity index (χ1) is 10.2. The summed E-state index contributed by atoms with van der Waals surface area (Å²) in [6.07, 6.45) is 4.38. The minimum atomic E-state index is 0.0516. The Morgan fingerprint density at radius 1 is 0.952 bits per heavy atom. The lowest BCUT2D eigenvalue weighted by atomic mass is 10.6. The van der Waals surface area contributed by atoms with Gasteiger partial charge >= 0.3 is 0 Å². The molecule has 2 saturated carbocycles. The van der Waals surface area contributed by atoms with Crippen LogP contribution in [0.15, 0.2) is 8.68 Å². The third-order valence-electron chi connectivity index (χ3n) is 2.93. The van der Waals surface area contributed by atoms with Crippen LogP contribution in [0.25, 0.3) is 0 Å². The fraction of sp³-hybridized carbons (Fsp3) is 0.667. The summed E-state index contributed by atoms with van der Waals surface area (Å²) in [4.78, 5) is 23.1. The molecule has 0 spiro atoms. The maximum absolute atomic E-state index is 11.6. The van der Waals surface area contributed by atoms with Crippen LogP contribution >= 0.6 is 34.9 Å². The Morgan fingerprint density at radius 2 is 1.38 bits per heavy atom. The molecule has 114 valence electrons. The van der Waals surface area contributed by atoms with Crippen molar-refractivity contribution >= 4 is 46.7 Å². The maximum Gasteiger partial charge on any atom is 0.230 e. The van der Waals surface area contributed by atoms with Gasteiger partial charge in [0.05, 0.1) is 11.5 Å². The Labute approximate surface area is 135 Å². The number of hydrogen-bond acceptors (Lipinski definition) is 7. The van der Waals surface area contributed by atoms with Gasteiger partial charge in [-0.2, -0.15) is 0 Å². The monoisotopic (exact) mass is 344 g/mol. The standard InChI is InChI=1S/C12H16N4O2S3/c17-9(13-7-1-2-7)5-19-11-15-16-12(21-11)20-6-10(18)14-8-3-4-8/h7-8H,1-6H2,(H,13,17)(H,14,18). The quantitative estimate of drug-likeness (QED) is 0.691. The second-order valence-electron chi connectivity index (χ2n) is 5.09. The first kappa shape index (κ1) is 15.1. The Bertz CT molecular complexity index is 484. The average Bonchev–Trinajstić information content (AvgIpc) is 3.37. The number of hydrogen-bond donors (Lipinski definition) is 2. The van der Waals surface area contributed by atoms with Crippen molar-refractivity contribution in [3.05, 3.63) is 0 Å². The summed E-state index contributed by atoms with van der Waals surface area (Å²) < 4.78 is 1.54. The number of rotatable bonds is 8. The SMILES string of the molecule is O=C(CSc1nnc(SCC(=O)NC2CC2)s1)NC1CC1. The highest BCUT2D eigenvalue weighted by Gasteiger charge is 2.24. The molecule has 1 aromatic rings. The molecule has 0 radical (unpaired) electrons. The molecular weight excluding hydrogens is 328 g/mol. The van der Waals surface area contributed by atoms with Crippen molar-refractivity contribution in [1.82, 2.24) is 20.8 Å². The second-order valence-corrected chi connectivity index (χ2v) is 8.52. The van der Waals surface area contributed by atoms with Crippen LogP contribution in [0.4, 0.5) is 0 Å². The number of amides is 2. The number of thioether (sulfide) groups is 2. The molecule has 2 N–H and O–H groups in total. The van der Waals surface area contributed by atoms with Crippen molar-refractivity contribution in [1.29, 1.82) is 0 Å². The highest BCUT2D eigenvalue weighted by molar-refractivity contribution is 8.03. The largest absolute Gasteiger partial charge is 0.353 e. The van der Waals surface area contributed by atoms with E-state index in [-0.39, 0.29) is 11.8 Å². The molecule has 2 amide bonds. The van der Waals surface area contributed by atoms with Gasteiger partial charge in [-0.15, -0.1) is 10.2 Å². The van der Waals surface area contributed by atoms with Gasteiger partial charge in [-0.3, -0.25) is 9.59 Å². The summed E-state index contributed by atoms with van der Waals surface area (Å²) in [5.74, 6) is 0.849. The molecule has 3 rings (SSSR count). The zero-order valence-corrected chi connectivity index (χ0v) is 13.8. The summed E-state index contributed by atoms with van der Waals surface area (Å²) in [5, 5.41) is 13.9. The summed E-state index contributed by atoms with van der Waals surface area (Å²) in [5.41, 5.74) is 0. The molecule has 1 aromatic heterocycles. The van der Waals surface area contributed by atoms with Crippen molar-refractivity contribution in [2.75, 3.05) is 11.5 Å². The molecular formula is C12H16N4O2S3. The number of carbonyl (C=O) groups is 2. The molecule has 1 heterocycles. The highest BCUT2D eigenvalue weighted by atomic mass is 32.2. The van der Waals surface area contributed by atoms with Gasteiger partial charge in [0, 0.05) is 12.1 Å². The number of aromatic nitrogens is 2. The first-order valence-corrected chi connectivity index (χ1v) is 9.65. The van der Waals surface area contributed by atoms with Gasteiger partial charge in [0.15, 0.2) is 8.68 Å². The summed E-state index contributed by atoms with van der Waals surface area (Å²) >= 11 is 4.22. The predicted octanol–water partition coefficient (Wildman–Crippen LogP) is 1.28. The molecule has 9 heteroatoms. The molecule has 0 saturated heterocycles. The zero-order chi connectivity index (χ0) is 14.7. The van der Waals surface area contributed by atoms with E-state index in [0.29, 0.717) is 23.6 Å². The molecule has 21 heavy (non-hydrogen) atoms. The lowest BCUT2D eigenvalue weighted by molar-refractivity contribution is -0.119. The molecule has 0 bridgehead atoms. The molecule has 6 nitrogen and oxygen atoms in total. The second kappa shape index (κ2) is 6.97. The number of carbonyl (C=O) groups excluding carboxylic acids is 2. The van der Waals surface area contributed by atoms with Gasteiger partial charge in [0.2, 0.25) is 11.8 Å². The number of nitrogens with one attached hydrogen (secondary N) is 2. The number of nitrogens with zero attached hydrogens (tertiary/aromatic N) is 2. The summed E-state index contributed by atoms with van der Waals surface area (Å²) in [6.45, 7) is 0. The van der Waals surface area contributed by atoms with Crippen LogP contribution in [0, 0.1) is 0 Å². The maximum atomic E-state index is 11.6. The minimum absolute atomic E-state index is 0.0516. The molecule has 2 aliphatic carbocycles. The molecule has 0 unspecified atom stereocenters. The zero-order valence-electron chi connectivity index (χ0n) is 11.3. The Balaban J connectivity index is 1.36. The van der Waals surface area contributed by atoms with Crippen LogP contribution in [0.1, 0.15) is 25.7 Å². The third kappa shape index (κ3) is 5.48. The molecule has 0 aliphatic heterocycles. The van der Waals surface area contributed by atoms with Gasteiger partial charge < -0.3 is 10.6 Å². The third-order valence-corrected chi connectivity index (χ3v) is 6.12. The van der Waals surface area contributed by atoms with Gasteiger partial charge in [0.1, 0.15) is 0 Å². The van der Waals surface area contributed by atoms with Gasteiger partial charge in [-0.1, -0.05) is 34.9 Å². The Hall–Kier alpha value is -0.800. The van der Waals surface area contributed by atoms with E-state index in [0.717, 1.165) is 34.4 Å². The molecule has 2 aliphatic rings. The summed E-state index contributed by atoms with van der Waals surface area (Å²) in [7, 11) is 0. The van der Waals surface area contributed by atoms with Crippen LogP contribution in [-0.4, -0.2) is 45.6 Å². The normalized spacial score (nSPS) is 17.5. The van der Waals surface area contributed by atoms with E-state index in [1.807, 2.05) is 0 Å². The fourth-order valence-electron chi connectivity index (χ4n) is 1.56. The fourth-order valence-corrected chi connectivity index (χ4v) is 4.20. The van der Waals surface area contributed by atoms with E-state index >= 15 is 0 Å². The topological polar surface area (TPSA) is 84.0 Å². The molecule has 2 fully saturated rings. The van der Waals surface area contributed by atoms with E-state index in [1.54, 1.807) is 0 Å². The van der Waals surface area contributed by atoms with E-state index in [9.17, 15) is 9.59 Å². The van der Waals surface area contributed by atoms with Crippen molar-refractivity contribution < 1.29 is 9.59 Å². The smallest absolute Gasteiger partial charge is 0.230 e. The predicted molar refractivity (Wildman–Crippen MR) is 83.7 cm³/mol. The van der Waals surface area contributed by atoms with Crippen LogP contribution in [0.3, 0.4) is 0 Å². The van der Waals surface area contributed by atoms with Crippen molar-refractivity contribution in [2.24, 2.45) is 0 Å². The van der Waals surface area contributed by atoms with Crippen LogP contribution in [-0.2, 0) is 9.59 Å². The van der Waals surface area contributed by atoms with Crippen LogP contribution in [0.2, 0.25) is 0 Å². The highest BCUT2D eigenvalue weighted by Crippen LogP contribution is 2.29. The van der Waals surface area contributed by atoms with E-state index in [4.69, 9.17) is 0 Å². The molecule has 0 aromatic carbocycles. The van der Waals surface area contributed by atoms with E-state index in [2.05, 4.69) is 20.8 Å². The summed E-state index contributed by atoms with van der Waals surface area (Å²) in [6, 6.07) is 0.784. The van der Waals surface area contributed by atoms with Crippen molar-refractivity contribution in [3.8, 4) is 0 Å². The van der Waals surface area contributed by atoms with Gasteiger partial charge in [-0.25, -0.2) is 0 Å². The first-order valence-electron chi connectivity index (χ1n) is 6.87. The van der Waals surface area contributed by atoms with Crippen molar-refractivity contribution in [3.63, 3.8) is 0 Å². The Morgan fingerprint density at radius 3 is 1.76 bits per heavy atom. The van der Waals surface area contributed by atoms with E-state index in [1.165, 1.54) is 34.9 Å². The Kier molecular flexibility index (Phi) is 5.02. The van der Waals surface area contributed by atoms with Crippen LogP contribution in [0.5, 0.6) is 0 Å². The van der Waals surface area contributed by atoms with Gasteiger partial charge in [-0.05, 0) is 25.7 Å². The lowest BCUT2D eigenvalue weighted by Crippen LogP contribution is -2.26. The van der Waals surface area contributed by atoms with Crippen LogP contribution < -0.4 is 10.6 Å². The van der Waals surface area contributed by atoms with E-state index < -0.39 is 0 Å². The minimum Gasteiger partial charge on any atom is -0.353 e. The molecule has 0 atom stereocenters. The average molecular weight is 344 g/mol. The van der Waals surface area contributed by atoms with Crippen molar-refractivity contribution in [2.45, 2.75) is 46.4 Å².